The van der Waals surface area contributed by atoms with E-state index in [4.69, 9.17) is 11.6 Å². The second kappa shape index (κ2) is 6.30. The number of hydrogen-bond donors (Lipinski definition) is 1. The van der Waals surface area contributed by atoms with Gasteiger partial charge >= 0.3 is 0 Å². The van der Waals surface area contributed by atoms with E-state index >= 15 is 0 Å². The van der Waals surface area contributed by atoms with Gasteiger partial charge in [-0.2, -0.15) is 13.5 Å². The standard InChI is InChI=1S/C17H16ClN3O2S/c1-12-16(15-5-3-4-6-17(15)21(12)2)11-19-20-24(22,23)14-9-7-13(18)8-10-14/h3-11,20H,1-2H3/b19-11+. The molecule has 0 radical (unpaired) electrons. The number of aryl methyl sites for hydroxylation is 1. The minimum Gasteiger partial charge on any atom is -0.347 e. The van der Waals surface area contributed by atoms with E-state index in [1.54, 1.807) is 0 Å². The molecular weight excluding hydrogens is 346 g/mol. The quantitative estimate of drug-likeness (QED) is 0.571. The lowest BCUT2D eigenvalue weighted by molar-refractivity contribution is 0.584. The SMILES string of the molecule is Cc1c(/C=N/NS(=O)(=O)c2ccc(Cl)cc2)c2ccccc2n1C. The maximum absolute atomic E-state index is 12.2. The molecule has 24 heavy (non-hydrogen) atoms. The van der Waals surface area contributed by atoms with Gasteiger partial charge in [-0.05, 0) is 37.3 Å². The average Bonchev–Trinajstić information content (AvgIpc) is 2.80. The predicted octanol–water partition coefficient (Wildman–Crippen LogP) is 3.45. The molecule has 2 aromatic carbocycles. The summed E-state index contributed by atoms with van der Waals surface area (Å²) in [7, 11) is -1.75. The number of nitrogens with zero attached hydrogens (tertiary/aromatic N) is 2. The Bertz CT molecular complexity index is 1020. The van der Waals surface area contributed by atoms with Gasteiger partial charge in [-0.1, -0.05) is 29.8 Å². The maximum atomic E-state index is 12.2. The molecule has 0 spiro atoms. The molecule has 0 saturated heterocycles. The van der Waals surface area contributed by atoms with E-state index < -0.39 is 10.0 Å². The summed E-state index contributed by atoms with van der Waals surface area (Å²) in [6, 6.07) is 13.8. The van der Waals surface area contributed by atoms with Crippen molar-refractivity contribution in [1.29, 1.82) is 0 Å². The molecular formula is C17H16ClN3O2S. The Morgan fingerprint density at radius 3 is 2.50 bits per heavy atom. The number of sulfonamides is 1. The smallest absolute Gasteiger partial charge is 0.276 e. The number of para-hydroxylation sites is 1. The number of fused-ring (bicyclic) bond motifs is 1. The lowest BCUT2D eigenvalue weighted by atomic mass is 10.1. The topological polar surface area (TPSA) is 63.5 Å². The molecule has 0 atom stereocenters. The lowest BCUT2D eigenvalue weighted by Gasteiger charge is -2.03. The third kappa shape index (κ3) is 3.02. The Labute approximate surface area is 145 Å². The molecule has 124 valence electrons. The number of benzene rings is 2. The Kier molecular flexibility index (Phi) is 4.34. The van der Waals surface area contributed by atoms with Crippen LogP contribution in [0.25, 0.3) is 10.9 Å². The second-order valence-electron chi connectivity index (χ2n) is 5.38. The van der Waals surface area contributed by atoms with Crippen LogP contribution < -0.4 is 4.83 Å². The first kappa shape index (κ1) is 16.5. The van der Waals surface area contributed by atoms with E-state index in [0.717, 1.165) is 22.2 Å². The van der Waals surface area contributed by atoms with Gasteiger partial charge < -0.3 is 4.57 Å². The highest BCUT2D eigenvalue weighted by atomic mass is 35.5. The van der Waals surface area contributed by atoms with Crippen LogP contribution in [0.1, 0.15) is 11.3 Å². The number of nitrogens with one attached hydrogen (secondary N) is 1. The first-order valence-electron chi connectivity index (χ1n) is 7.24. The molecule has 0 amide bonds. The van der Waals surface area contributed by atoms with Gasteiger partial charge in [-0.25, -0.2) is 4.83 Å². The fraction of sp³-hybridized carbons (Fsp3) is 0.118. The Morgan fingerprint density at radius 2 is 1.79 bits per heavy atom. The van der Waals surface area contributed by atoms with Gasteiger partial charge in [-0.15, -0.1) is 0 Å². The monoisotopic (exact) mass is 361 g/mol. The zero-order valence-electron chi connectivity index (χ0n) is 13.2. The zero-order chi connectivity index (χ0) is 17.3. The van der Waals surface area contributed by atoms with E-state index in [2.05, 4.69) is 9.93 Å². The molecule has 5 nitrogen and oxygen atoms in total. The third-order valence-electron chi connectivity index (χ3n) is 3.94. The lowest BCUT2D eigenvalue weighted by Crippen LogP contribution is -2.18. The van der Waals surface area contributed by atoms with Crippen LogP contribution in [0.2, 0.25) is 5.02 Å². The fourth-order valence-corrected chi connectivity index (χ4v) is 3.46. The Balaban J connectivity index is 1.90. The number of rotatable bonds is 4. The van der Waals surface area contributed by atoms with Gasteiger partial charge in [0.15, 0.2) is 0 Å². The van der Waals surface area contributed by atoms with Crippen LogP contribution >= 0.6 is 11.6 Å². The number of hydrogen-bond acceptors (Lipinski definition) is 3. The van der Waals surface area contributed by atoms with Crippen molar-refractivity contribution < 1.29 is 8.42 Å². The number of aromatic nitrogens is 1. The molecule has 1 N–H and O–H groups in total. The minimum absolute atomic E-state index is 0.110. The van der Waals surface area contributed by atoms with Crippen LogP contribution in [-0.2, 0) is 17.1 Å². The molecule has 0 aliphatic rings. The molecule has 3 rings (SSSR count). The molecule has 1 aromatic heterocycles. The van der Waals surface area contributed by atoms with Gasteiger partial charge in [0.25, 0.3) is 10.0 Å². The second-order valence-corrected chi connectivity index (χ2v) is 7.48. The van der Waals surface area contributed by atoms with E-state index in [1.807, 2.05) is 42.8 Å². The van der Waals surface area contributed by atoms with Crippen LogP contribution in [0.15, 0.2) is 58.5 Å². The molecule has 0 aliphatic carbocycles. The fourth-order valence-electron chi connectivity index (χ4n) is 2.54. The number of halogens is 1. The van der Waals surface area contributed by atoms with Crippen molar-refractivity contribution >= 4 is 38.7 Å². The van der Waals surface area contributed by atoms with Crippen LogP contribution in [0, 0.1) is 6.92 Å². The van der Waals surface area contributed by atoms with Crippen LogP contribution in [0.5, 0.6) is 0 Å². The van der Waals surface area contributed by atoms with Gasteiger partial charge in [0.2, 0.25) is 0 Å². The predicted molar refractivity (Wildman–Crippen MR) is 97.0 cm³/mol. The van der Waals surface area contributed by atoms with Gasteiger partial charge in [-0.3, -0.25) is 0 Å². The van der Waals surface area contributed by atoms with E-state index in [1.165, 1.54) is 30.5 Å². The molecule has 1 heterocycles. The van der Waals surface area contributed by atoms with Gasteiger partial charge in [0, 0.05) is 34.2 Å². The Hall–Kier alpha value is -2.31. The highest BCUT2D eigenvalue weighted by molar-refractivity contribution is 7.89. The summed E-state index contributed by atoms with van der Waals surface area (Å²) in [6.07, 6.45) is 1.53. The van der Waals surface area contributed by atoms with Crippen LogP contribution in [0.4, 0.5) is 0 Å². The summed E-state index contributed by atoms with van der Waals surface area (Å²) < 4.78 is 26.5. The molecule has 3 aromatic rings. The highest BCUT2D eigenvalue weighted by Crippen LogP contribution is 2.23. The van der Waals surface area contributed by atoms with E-state index in [-0.39, 0.29) is 4.90 Å². The molecule has 7 heteroatoms. The Morgan fingerprint density at radius 1 is 1.12 bits per heavy atom. The first-order valence-corrected chi connectivity index (χ1v) is 9.11. The van der Waals surface area contributed by atoms with Crippen LogP contribution in [-0.4, -0.2) is 19.2 Å². The van der Waals surface area contributed by atoms with Crippen molar-refractivity contribution in [2.24, 2.45) is 12.1 Å². The highest BCUT2D eigenvalue weighted by Gasteiger charge is 2.13. The van der Waals surface area contributed by atoms with Gasteiger partial charge in [0.05, 0.1) is 11.1 Å². The summed E-state index contributed by atoms with van der Waals surface area (Å²) in [5, 5.41) is 5.42. The molecule has 0 fully saturated rings. The molecule has 0 bridgehead atoms. The molecule has 0 aliphatic heterocycles. The van der Waals surface area contributed by atoms with Crippen molar-refractivity contribution in [2.75, 3.05) is 0 Å². The average molecular weight is 362 g/mol. The first-order chi connectivity index (χ1) is 11.4. The summed E-state index contributed by atoms with van der Waals surface area (Å²) in [6.45, 7) is 1.97. The normalized spacial score (nSPS) is 12.1. The van der Waals surface area contributed by atoms with Crippen molar-refractivity contribution in [3.63, 3.8) is 0 Å². The summed E-state index contributed by atoms with van der Waals surface area (Å²) in [5.41, 5.74) is 2.95. The minimum atomic E-state index is -3.72. The zero-order valence-corrected chi connectivity index (χ0v) is 14.8. The van der Waals surface area contributed by atoms with E-state index in [0.29, 0.717) is 5.02 Å². The molecule has 0 unspecified atom stereocenters. The maximum Gasteiger partial charge on any atom is 0.276 e. The van der Waals surface area contributed by atoms with Crippen molar-refractivity contribution in [3.8, 4) is 0 Å². The third-order valence-corrected chi connectivity index (χ3v) is 5.43. The summed E-state index contributed by atoms with van der Waals surface area (Å²) >= 11 is 5.77. The summed E-state index contributed by atoms with van der Waals surface area (Å²) in [4.78, 5) is 2.34. The largest absolute Gasteiger partial charge is 0.347 e. The number of hydrazone groups is 1. The summed E-state index contributed by atoms with van der Waals surface area (Å²) in [5.74, 6) is 0. The van der Waals surface area contributed by atoms with Crippen LogP contribution in [0.3, 0.4) is 0 Å². The van der Waals surface area contributed by atoms with Crippen molar-refractivity contribution in [1.82, 2.24) is 9.40 Å². The molecule has 0 saturated carbocycles. The van der Waals surface area contributed by atoms with Gasteiger partial charge in [0.1, 0.15) is 0 Å². The van der Waals surface area contributed by atoms with Crippen molar-refractivity contribution in [3.05, 3.63) is 64.8 Å². The van der Waals surface area contributed by atoms with Crippen molar-refractivity contribution in [2.45, 2.75) is 11.8 Å². The van der Waals surface area contributed by atoms with E-state index in [9.17, 15) is 8.42 Å².